The van der Waals surface area contributed by atoms with Crippen LogP contribution in [-0.2, 0) is 38.0 Å². The van der Waals surface area contributed by atoms with Gasteiger partial charge in [0.1, 0.15) is 73.2 Å². The molecule has 3 aliphatic heterocycles. The standard InChI is InChI=1S/C56H104N2O18/c1-4-6-8-10-12-14-16-18-19-21-23-25-27-29-31-33-44(64)58-39(40(63)32-30-28-26-24-22-20-17-15-13-11-9-7-5-2)37-71-55-50(69)49(68)52(43(36-61)74-55)75-56-51(70)53(47(66)42(35-60)73-56)76-54-45(57-38(3)62)48(67)46(65)41(34-59)72-54/h30,32,39-43,45-56,59-61,63,65-70H,4-29,31,33-37H2,1-3H3,(H,57,62)(H,58,64)/b32-30+/t39-,40+,41+,42+,43+,45+,46+,47-,48+,49+,50+,51+,52+,53-,54-,55+,56-/m0/s1. The van der Waals surface area contributed by atoms with Crippen LogP contribution in [0, 0.1) is 0 Å². The molecule has 446 valence electrons. The van der Waals surface area contributed by atoms with Crippen LogP contribution in [0.1, 0.15) is 201 Å². The fraction of sp³-hybridized carbons (Fsp3) is 0.929. The molecule has 76 heavy (non-hydrogen) atoms. The van der Waals surface area contributed by atoms with E-state index in [2.05, 4.69) is 24.5 Å². The van der Waals surface area contributed by atoms with Gasteiger partial charge < -0.3 is 90.1 Å². The monoisotopic (exact) mass is 1090 g/mol. The van der Waals surface area contributed by atoms with Gasteiger partial charge in [-0.1, -0.05) is 180 Å². The Hall–Kier alpha value is -1.96. The van der Waals surface area contributed by atoms with Crippen molar-refractivity contribution in [3.63, 3.8) is 0 Å². The van der Waals surface area contributed by atoms with Crippen LogP contribution in [0.15, 0.2) is 12.2 Å². The van der Waals surface area contributed by atoms with Crippen LogP contribution >= 0.6 is 0 Å². The Balaban J connectivity index is 1.59. The second-order valence-corrected chi connectivity index (χ2v) is 21.5. The first-order chi connectivity index (χ1) is 36.7. The second-order valence-electron chi connectivity index (χ2n) is 21.5. The summed E-state index contributed by atoms with van der Waals surface area (Å²) in [4.78, 5) is 25.3. The summed E-state index contributed by atoms with van der Waals surface area (Å²) in [5, 5.41) is 114. The van der Waals surface area contributed by atoms with E-state index in [1.165, 1.54) is 122 Å². The number of hydrogen-bond donors (Lipinski definition) is 12. The van der Waals surface area contributed by atoms with Crippen LogP contribution in [0.3, 0.4) is 0 Å². The number of aliphatic hydroxyl groups excluding tert-OH is 10. The Bertz CT molecular complexity index is 1520. The van der Waals surface area contributed by atoms with Crippen molar-refractivity contribution in [2.24, 2.45) is 0 Å². The SMILES string of the molecule is CCCCCCCCCCCCC/C=C/[C@@H](O)[C@H](CO[C@@H]1O[C@H](CO)[C@@H](O[C@@H]2O[C@H](CO)[C@H](O)[C@H](O[C@@H]3O[C@H](CO)[C@@H](O)[C@H](O)[C@H]3NC(C)=O)[C@H]2O)[C@H](O)[C@H]1O)NC(=O)CCCCCCCCCCCCCCCCC. The molecule has 3 fully saturated rings. The molecule has 20 heteroatoms. The van der Waals surface area contributed by atoms with E-state index in [1.54, 1.807) is 6.08 Å². The van der Waals surface area contributed by atoms with Gasteiger partial charge in [-0.3, -0.25) is 9.59 Å². The van der Waals surface area contributed by atoms with Gasteiger partial charge in [0.25, 0.3) is 0 Å². The van der Waals surface area contributed by atoms with Gasteiger partial charge in [0, 0.05) is 13.3 Å². The Morgan fingerprint density at radius 3 is 1.46 bits per heavy atom. The largest absolute Gasteiger partial charge is 0.394 e. The van der Waals surface area contributed by atoms with Crippen molar-refractivity contribution in [1.29, 1.82) is 0 Å². The van der Waals surface area contributed by atoms with E-state index < -0.39 is 130 Å². The molecule has 0 bridgehead atoms. The number of aliphatic hydroxyl groups is 10. The van der Waals surface area contributed by atoms with Crippen molar-refractivity contribution in [2.45, 2.75) is 305 Å². The molecule has 0 aliphatic carbocycles. The summed E-state index contributed by atoms with van der Waals surface area (Å²) in [7, 11) is 0. The normalized spacial score (nSPS) is 30.9. The zero-order chi connectivity index (χ0) is 55.7. The van der Waals surface area contributed by atoms with E-state index in [1.807, 2.05) is 6.08 Å². The molecule has 0 aromatic carbocycles. The van der Waals surface area contributed by atoms with E-state index >= 15 is 0 Å². The van der Waals surface area contributed by atoms with Gasteiger partial charge in [-0.15, -0.1) is 0 Å². The van der Waals surface area contributed by atoms with Gasteiger partial charge >= 0.3 is 0 Å². The summed E-state index contributed by atoms with van der Waals surface area (Å²) >= 11 is 0. The quantitative estimate of drug-likeness (QED) is 0.0304. The Labute approximate surface area is 453 Å². The first-order valence-corrected chi connectivity index (χ1v) is 29.4. The van der Waals surface area contributed by atoms with Crippen molar-refractivity contribution in [2.75, 3.05) is 26.4 Å². The molecule has 0 aromatic rings. The molecule has 0 spiro atoms. The van der Waals surface area contributed by atoms with E-state index in [0.29, 0.717) is 6.42 Å². The lowest BCUT2D eigenvalue weighted by molar-refractivity contribution is -0.375. The maximum absolute atomic E-state index is 13.3. The first kappa shape index (κ1) is 68.3. The van der Waals surface area contributed by atoms with Crippen molar-refractivity contribution >= 4 is 11.8 Å². The lowest BCUT2D eigenvalue weighted by atomic mass is 9.95. The van der Waals surface area contributed by atoms with E-state index in [4.69, 9.17) is 28.4 Å². The molecule has 3 saturated heterocycles. The van der Waals surface area contributed by atoms with E-state index in [9.17, 15) is 60.7 Å². The molecular weight excluding hydrogens is 989 g/mol. The molecular formula is C56H104N2O18. The van der Waals surface area contributed by atoms with Crippen LogP contribution in [0.5, 0.6) is 0 Å². The van der Waals surface area contributed by atoms with Crippen molar-refractivity contribution in [3.8, 4) is 0 Å². The van der Waals surface area contributed by atoms with Gasteiger partial charge in [0.2, 0.25) is 11.8 Å². The Morgan fingerprint density at radius 2 is 0.961 bits per heavy atom. The highest BCUT2D eigenvalue weighted by atomic mass is 16.8. The van der Waals surface area contributed by atoms with Gasteiger partial charge in [0.05, 0.1) is 38.6 Å². The molecule has 0 radical (unpaired) electrons. The van der Waals surface area contributed by atoms with Crippen molar-refractivity contribution in [3.05, 3.63) is 12.2 Å². The smallest absolute Gasteiger partial charge is 0.220 e. The molecule has 12 N–H and O–H groups in total. The lowest BCUT2D eigenvalue weighted by Gasteiger charge is -2.48. The zero-order valence-corrected chi connectivity index (χ0v) is 46.3. The van der Waals surface area contributed by atoms with Crippen LogP contribution in [0.25, 0.3) is 0 Å². The third kappa shape index (κ3) is 24.8. The Kier molecular flexibility index (Phi) is 36.2. The number of unbranched alkanes of at least 4 members (excludes halogenated alkanes) is 25. The number of carbonyl (C=O) groups excluding carboxylic acids is 2. The average Bonchev–Trinajstić information content (AvgIpc) is 3.41. The van der Waals surface area contributed by atoms with Gasteiger partial charge in [-0.25, -0.2) is 0 Å². The van der Waals surface area contributed by atoms with Crippen molar-refractivity contribution in [1.82, 2.24) is 10.6 Å². The molecule has 3 aliphatic rings. The highest BCUT2D eigenvalue weighted by molar-refractivity contribution is 5.76. The predicted molar refractivity (Wildman–Crippen MR) is 284 cm³/mol. The van der Waals surface area contributed by atoms with Crippen LogP contribution < -0.4 is 10.6 Å². The summed E-state index contributed by atoms with van der Waals surface area (Å²) in [5.74, 6) is -0.945. The van der Waals surface area contributed by atoms with E-state index in [0.717, 1.165) is 51.9 Å². The minimum atomic E-state index is -1.98. The maximum Gasteiger partial charge on any atom is 0.220 e. The molecule has 20 nitrogen and oxygen atoms in total. The summed E-state index contributed by atoms with van der Waals surface area (Å²) in [6.45, 7) is 2.78. The lowest BCUT2D eigenvalue weighted by Crippen LogP contribution is -2.68. The number of hydrogen-bond acceptors (Lipinski definition) is 18. The van der Waals surface area contributed by atoms with E-state index in [-0.39, 0.29) is 18.9 Å². The fourth-order valence-electron chi connectivity index (χ4n) is 10.2. The predicted octanol–water partition coefficient (Wildman–Crippen LogP) is 3.96. The number of amides is 2. The van der Waals surface area contributed by atoms with Crippen molar-refractivity contribution < 1.29 is 89.1 Å². The molecule has 3 heterocycles. The van der Waals surface area contributed by atoms with Crippen LogP contribution in [0.4, 0.5) is 0 Å². The topological polar surface area (TPSA) is 316 Å². The highest BCUT2D eigenvalue weighted by Gasteiger charge is 2.54. The summed E-state index contributed by atoms with van der Waals surface area (Å²) in [6, 6.07) is -2.45. The van der Waals surface area contributed by atoms with Crippen LogP contribution in [0.2, 0.25) is 0 Å². The average molecular weight is 1090 g/mol. The second kappa shape index (κ2) is 40.3. The van der Waals surface area contributed by atoms with Gasteiger partial charge in [-0.2, -0.15) is 0 Å². The molecule has 2 amide bonds. The molecule has 0 unspecified atom stereocenters. The summed E-state index contributed by atoms with van der Waals surface area (Å²) in [6.07, 6.45) is 10.8. The summed E-state index contributed by atoms with van der Waals surface area (Å²) < 4.78 is 34.9. The minimum absolute atomic E-state index is 0.240. The van der Waals surface area contributed by atoms with Gasteiger partial charge in [0.15, 0.2) is 18.9 Å². The minimum Gasteiger partial charge on any atom is -0.394 e. The van der Waals surface area contributed by atoms with Gasteiger partial charge in [-0.05, 0) is 19.3 Å². The molecule has 3 rings (SSSR count). The number of carbonyl (C=O) groups is 2. The number of rotatable bonds is 42. The molecule has 0 aromatic heterocycles. The molecule has 17 atom stereocenters. The summed E-state index contributed by atoms with van der Waals surface area (Å²) in [5.41, 5.74) is 0. The third-order valence-electron chi connectivity index (χ3n) is 15.0. The number of nitrogens with one attached hydrogen (secondary N) is 2. The third-order valence-corrected chi connectivity index (χ3v) is 15.0. The zero-order valence-electron chi connectivity index (χ0n) is 46.3. The Morgan fingerprint density at radius 1 is 0.513 bits per heavy atom. The fourth-order valence-corrected chi connectivity index (χ4v) is 10.2. The maximum atomic E-state index is 13.3. The highest BCUT2D eigenvalue weighted by Crippen LogP contribution is 2.33. The number of ether oxygens (including phenoxy) is 6. The first-order valence-electron chi connectivity index (χ1n) is 29.4. The molecule has 0 saturated carbocycles. The van der Waals surface area contributed by atoms with Crippen LogP contribution in [-0.4, -0.2) is 194 Å². The number of allylic oxidation sites excluding steroid dienone is 1.